The lowest BCUT2D eigenvalue weighted by atomic mass is 9.99. The van der Waals surface area contributed by atoms with Gasteiger partial charge in [0.25, 0.3) is 5.91 Å². The Morgan fingerprint density at radius 2 is 1.90 bits per heavy atom. The van der Waals surface area contributed by atoms with Crippen LogP contribution in [0, 0.1) is 0 Å². The summed E-state index contributed by atoms with van der Waals surface area (Å²) in [5.74, 6) is -0.977. The molecule has 2 N–H and O–H groups in total. The first kappa shape index (κ1) is 18.7. The van der Waals surface area contributed by atoms with Gasteiger partial charge in [-0.15, -0.1) is 0 Å². The standard InChI is InChI=1S/C21H16N6O4/c28-20(13-3-1-2-4-14(13)21(29)30)27-10-16-15(23-11-24-16)9-17(27)19-25-18(26-31-19)12-5-7-22-8-6-12/h1-8,11,17H,9-10H2,(H,23,24)(H,29,30). The fourth-order valence-electron chi connectivity index (χ4n) is 3.67. The first-order valence-corrected chi connectivity index (χ1v) is 9.50. The molecule has 1 aliphatic heterocycles. The first-order valence-electron chi connectivity index (χ1n) is 9.50. The molecule has 0 bridgehead atoms. The van der Waals surface area contributed by atoms with Crippen LogP contribution >= 0.6 is 0 Å². The van der Waals surface area contributed by atoms with Gasteiger partial charge in [-0.2, -0.15) is 4.98 Å². The number of nitrogens with zero attached hydrogens (tertiary/aromatic N) is 5. The molecule has 1 amide bonds. The number of aromatic carboxylic acids is 1. The number of amides is 1. The van der Waals surface area contributed by atoms with E-state index in [0.717, 1.165) is 17.0 Å². The van der Waals surface area contributed by atoms with Crippen LogP contribution in [-0.4, -0.2) is 47.0 Å². The summed E-state index contributed by atoms with van der Waals surface area (Å²) in [7, 11) is 0. The van der Waals surface area contributed by atoms with Gasteiger partial charge < -0.3 is 19.5 Å². The molecule has 4 aromatic rings. The summed E-state index contributed by atoms with van der Waals surface area (Å²) in [6.45, 7) is 0.208. The van der Waals surface area contributed by atoms with E-state index in [2.05, 4.69) is 25.1 Å². The number of carboxylic acids is 1. The molecule has 0 spiro atoms. The van der Waals surface area contributed by atoms with Gasteiger partial charge in [0.1, 0.15) is 6.04 Å². The molecule has 154 valence electrons. The molecule has 1 aliphatic rings. The molecular weight excluding hydrogens is 400 g/mol. The minimum absolute atomic E-state index is 0.0651. The number of benzene rings is 1. The molecule has 4 heterocycles. The Morgan fingerprint density at radius 3 is 2.68 bits per heavy atom. The van der Waals surface area contributed by atoms with Crippen molar-refractivity contribution >= 4 is 11.9 Å². The Hall–Kier alpha value is -4.34. The number of H-pyrrole nitrogens is 1. The highest BCUT2D eigenvalue weighted by Gasteiger charge is 2.37. The van der Waals surface area contributed by atoms with Crippen LogP contribution in [0.4, 0.5) is 0 Å². The summed E-state index contributed by atoms with van der Waals surface area (Å²) >= 11 is 0. The lowest BCUT2D eigenvalue weighted by Crippen LogP contribution is -2.39. The van der Waals surface area contributed by atoms with Crippen molar-refractivity contribution in [2.24, 2.45) is 0 Å². The number of fused-ring (bicyclic) bond motifs is 1. The van der Waals surface area contributed by atoms with Gasteiger partial charge in [-0.05, 0) is 24.3 Å². The summed E-state index contributed by atoms with van der Waals surface area (Å²) in [6, 6.07) is 9.05. The predicted octanol–water partition coefficient (Wildman–Crippen LogP) is 2.49. The highest BCUT2D eigenvalue weighted by atomic mass is 16.5. The largest absolute Gasteiger partial charge is 0.478 e. The van der Waals surface area contributed by atoms with Crippen molar-refractivity contribution in [3.63, 3.8) is 0 Å². The zero-order chi connectivity index (χ0) is 21.4. The van der Waals surface area contributed by atoms with E-state index < -0.39 is 17.9 Å². The second kappa shape index (κ2) is 7.48. The zero-order valence-corrected chi connectivity index (χ0v) is 16.1. The topological polar surface area (TPSA) is 138 Å². The molecule has 0 saturated heterocycles. The maximum atomic E-state index is 13.4. The van der Waals surface area contributed by atoms with Crippen molar-refractivity contribution in [2.45, 2.75) is 19.0 Å². The number of rotatable bonds is 4. The van der Waals surface area contributed by atoms with Crippen LogP contribution in [0.3, 0.4) is 0 Å². The maximum absolute atomic E-state index is 13.4. The number of hydrogen-bond donors (Lipinski definition) is 2. The molecule has 0 aliphatic carbocycles. The van der Waals surface area contributed by atoms with Crippen molar-refractivity contribution in [1.29, 1.82) is 0 Å². The van der Waals surface area contributed by atoms with Crippen molar-refractivity contribution < 1.29 is 19.2 Å². The maximum Gasteiger partial charge on any atom is 0.336 e. The molecule has 3 aromatic heterocycles. The SMILES string of the molecule is O=C(O)c1ccccc1C(=O)N1Cc2[nH]cnc2CC1c1nc(-c2ccncc2)no1. The molecule has 0 saturated carbocycles. The van der Waals surface area contributed by atoms with Crippen LogP contribution in [0.25, 0.3) is 11.4 Å². The summed E-state index contributed by atoms with van der Waals surface area (Å²) in [4.78, 5) is 42.5. The Bertz CT molecular complexity index is 1270. The fraction of sp³-hybridized carbons (Fsp3) is 0.143. The predicted molar refractivity (Wildman–Crippen MR) is 106 cm³/mol. The van der Waals surface area contributed by atoms with Crippen molar-refractivity contribution in [1.82, 2.24) is 30.0 Å². The average molecular weight is 416 g/mol. The molecule has 10 nitrogen and oxygen atoms in total. The molecule has 1 unspecified atom stereocenters. The number of aromatic amines is 1. The third-order valence-electron chi connectivity index (χ3n) is 5.21. The highest BCUT2D eigenvalue weighted by Crippen LogP contribution is 2.33. The van der Waals surface area contributed by atoms with E-state index in [-0.39, 0.29) is 23.6 Å². The molecule has 0 radical (unpaired) electrons. The summed E-state index contributed by atoms with van der Waals surface area (Å²) in [6.07, 6.45) is 5.18. The molecule has 1 aromatic carbocycles. The number of imidazole rings is 1. The Kier molecular flexibility index (Phi) is 4.51. The van der Waals surface area contributed by atoms with Gasteiger partial charge in [0.15, 0.2) is 0 Å². The van der Waals surface area contributed by atoms with Crippen LogP contribution < -0.4 is 0 Å². The number of aromatic nitrogens is 5. The van der Waals surface area contributed by atoms with E-state index in [0.29, 0.717) is 12.2 Å². The van der Waals surface area contributed by atoms with Gasteiger partial charge >= 0.3 is 5.97 Å². The summed E-state index contributed by atoms with van der Waals surface area (Å²) in [5.41, 5.74) is 2.34. The Labute approximate surface area is 175 Å². The molecular formula is C21H16N6O4. The van der Waals surface area contributed by atoms with Crippen LogP contribution in [0.5, 0.6) is 0 Å². The molecule has 5 rings (SSSR count). The summed E-state index contributed by atoms with van der Waals surface area (Å²) in [5, 5.41) is 13.6. The summed E-state index contributed by atoms with van der Waals surface area (Å²) < 4.78 is 5.51. The molecule has 31 heavy (non-hydrogen) atoms. The quantitative estimate of drug-likeness (QED) is 0.517. The van der Waals surface area contributed by atoms with Crippen LogP contribution in [0.15, 0.2) is 59.6 Å². The number of carbonyl (C=O) groups excluding carboxylic acids is 1. The average Bonchev–Trinajstić information content (AvgIpc) is 3.47. The normalized spacial score (nSPS) is 15.5. The zero-order valence-electron chi connectivity index (χ0n) is 16.1. The molecule has 1 atom stereocenters. The van der Waals surface area contributed by atoms with Crippen molar-refractivity contribution in [3.8, 4) is 11.4 Å². The van der Waals surface area contributed by atoms with E-state index >= 15 is 0 Å². The minimum atomic E-state index is -1.17. The van der Waals surface area contributed by atoms with Crippen LogP contribution in [-0.2, 0) is 13.0 Å². The van der Waals surface area contributed by atoms with Crippen LogP contribution in [0.2, 0.25) is 0 Å². The number of pyridine rings is 1. The lowest BCUT2D eigenvalue weighted by Gasteiger charge is -2.33. The van der Waals surface area contributed by atoms with Crippen molar-refractivity contribution in [2.75, 3.05) is 0 Å². The van der Waals surface area contributed by atoms with Crippen LogP contribution in [0.1, 0.15) is 44.0 Å². The van der Waals surface area contributed by atoms with E-state index in [1.165, 1.54) is 17.0 Å². The first-order chi connectivity index (χ1) is 15.1. The third-order valence-corrected chi connectivity index (χ3v) is 5.21. The third kappa shape index (κ3) is 3.33. The molecule has 0 fully saturated rings. The van der Waals surface area contributed by atoms with Gasteiger partial charge in [0.05, 0.1) is 35.4 Å². The second-order valence-corrected chi connectivity index (χ2v) is 7.02. The number of nitrogens with one attached hydrogen (secondary N) is 1. The smallest absolute Gasteiger partial charge is 0.336 e. The minimum Gasteiger partial charge on any atom is -0.478 e. The Morgan fingerprint density at radius 1 is 1.13 bits per heavy atom. The van der Waals surface area contributed by atoms with Gasteiger partial charge in [-0.3, -0.25) is 9.78 Å². The number of carbonyl (C=O) groups is 2. The monoisotopic (exact) mass is 416 g/mol. The second-order valence-electron chi connectivity index (χ2n) is 7.02. The van der Waals surface area contributed by atoms with Crippen molar-refractivity contribution in [3.05, 3.63) is 83.5 Å². The van der Waals surface area contributed by atoms with E-state index in [1.54, 1.807) is 43.0 Å². The van der Waals surface area contributed by atoms with Gasteiger partial charge in [-0.25, -0.2) is 9.78 Å². The fourth-order valence-corrected chi connectivity index (χ4v) is 3.67. The van der Waals surface area contributed by atoms with E-state index in [9.17, 15) is 14.7 Å². The molecule has 10 heteroatoms. The van der Waals surface area contributed by atoms with Gasteiger partial charge in [-0.1, -0.05) is 17.3 Å². The van der Waals surface area contributed by atoms with Gasteiger partial charge in [0.2, 0.25) is 11.7 Å². The lowest BCUT2D eigenvalue weighted by molar-refractivity contribution is 0.0575. The Balaban J connectivity index is 1.55. The number of hydrogen-bond acceptors (Lipinski definition) is 7. The van der Waals surface area contributed by atoms with E-state index in [1.807, 2.05) is 0 Å². The van der Waals surface area contributed by atoms with E-state index in [4.69, 9.17) is 4.52 Å². The highest BCUT2D eigenvalue weighted by molar-refractivity contribution is 6.04. The number of carboxylic acid groups (broad SMARTS) is 1. The van der Waals surface area contributed by atoms with Gasteiger partial charge in [0, 0.05) is 24.4 Å².